The van der Waals surface area contributed by atoms with Crippen molar-refractivity contribution in [2.24, 2.45) is 5.92 Å². The van der Waals surface area contributed by atoms with Crippen LogP contribution in [0.25, 0.3) is 0 Å². The second-order valence-corrected chi connectivity index (χ2v) is 32.0. The van der Waals surface area contributed by atoms with Crippen molar-refractivity contribution in [1.29, 1.82) is 0 Å². The van der Waals surface area contributed by atoms with Crippen molar-refractivity contribution >= 4 is 39.5 Å². The van der Waals surface area contributed by atoms with Crippen LogP contribution in [0.4, 0.5) is 0 Å². The Hall–Kier alpha value is -1.94. The van der Waals surface area contributed by atoms with E-state index in [1.165, 1.54) is 250 Å². The average Bonchev–Trinajstić information content (AvgIpc) is 1.02. The lowest BCUT2D eigenvalue weighted by Gasteiger charge is -2.21. The molecule has 6 atom stereocenters. The average molecular weight is 1450 g/mol. The van der Waals surface area contributed by atoms with Gasteiger partial charge in [0.25, 0.3) is 0 Å². The Kier molecular flexibility index (Phi) is 71.6. The molecule has 0 spiro atoms. The summed E-state index contributed by atoms with van der Waals surface area (Å²) in [5.41, 5.74) is 0. The maximum Gasteiger partial charge on any atom is 0.472 e. The van der Waals surface area contributed by atoms with Crippen LogP contribution in [-0.2, 0) is 65.4 Å². The summed E-state index contributed by atoms with van der Waals surface area (Å²) < 4.78 is 68.7. The summed E-state index contributed by atoms with van der Waals surface area (Å²) in [7, 11) is -9.92. The van der Waals surface area contributed by atoms with Gasteiger partial charge in [0.15, 0.2) is 12.2 Å². The number of hydrogen-bond donors (Lipinski definition) is 3. The monoisotopic (exact) mass is 1450 g/mol. The highest BCUT2D eigenvalue weighted by molar-refractivity contribution is 7.47. The molecular formula is C80H156O17P2. The minimum absolute atomic E-state index is 0.106. The number of unbranched alkanes of at least 4 members (excludes halogenated alkanes) is 51. The number of carbonyl (C=O) groups is 4. The van der Waals surface area contributed by atoms with E-state index in [4.69, 9.17) is 37.0 Å². The van der Waals surface area contributed by atoms with Crippen molar-refractivity contribution in [3.8, 4) is 0 Å². The van der Waals surface area contributed by atoms with Crippen LogP contribution in [0, 0.1) is 5.92 Å². The molecule has 0 bridgehead atoms. The van der Waals surface area contributed by atoms with Gasteiger partial charge in [-0.05, 0) is 31.6 Å². The molecule has 3 unspecified atom stereocenters. The summed E-state index contributed by atoms with van der Waals surface area (Å²) in [5.74, 6) is -1.34. The molecule has 0 aromatic heterocycles. The second-order valence-electron chi connectivity index (χ2n) is 29.1. The lowest BCUT2D eigenvalue weighted by molar-refractivity contribution is -0.161. The zero-order chi connectivity index (χ0) is 72.7. The summed E-state index contributed by atoms with van der Waals surface area (Å²) in [5, 5.41) is 10.6. The molecule has 0 saturated carbocycles. The van der Waals surface area contributed by atoms with E-state index in [9.17, 15) is 43.2 Å². The van der Waals surface area contributed by atoms with E-state index >= 15 is 0 Å². The van der Waals surface area contributed by atoms with Crippen LogP contribution >= 0.6 is 15.6 Å². The lowest BCUT2D eigenvalue weighted by Crippen LogP contribution is -2.30. The number of phosphoric ester groups is 2. The first kappa shape index (κ1) is 97.1. The van der Waals surface area contributed by atoms with E-state index in [2.05, 4.69) is 34.6 Å². The number of aliphatic hydroxyl groups excluding tert-OH is 1. The van der Waals surface area contributed by atoms with E-state index < -0.39 is 97.5 Å². The third-order valence-corrected chi connectivity index (χ3v) is 21.0. The fourth-order valence-electron chi connectivity index (χ4n) is 12.4. The predicted octanol–water partition coefficient (Wildman–Crippen LogP) is 24.0. The van der Waals surface area contributed by atoms with Gasteiger partial charge < -0.3 is 33.8 Å². The Morgan fingerprint density at radius 3 is 0.717 bits per heavy atom. The number of ether oxygens (including phenoxy) is 4. The van der Waals surface area contributed by atoms with Crippen LogP contribution in [0.5, 0.6) is 0 Å². The van der Waals surface area contributed by atoms with E-state index in [1.807, 2.05) is 0 Å². The van der Waals surface area contributed by atoms with Crippen molar-refractivity contribution in [3.05, 3.63) is 0 Å². The molecule has 0 aliphatic rings. The molecule has 0 aromatic carbocycles. The molecule has 588 valence electrons. The highest BCUT2D eigenvalue weighted by Gasteiger charge is 2.30. The van der Waals surface area contributed by atoms with Gasteiger partial charge in [0.05, 0.1) is 26.4 Å². The molecule has 3 N–H and O–H groups in total. The van der Waals surface area contributed by atoms with Gasteiger partial charge >= 0.3 is 39.5 Å². The molecular weight excluding hydrogens is 1290 g/mol. The molecule has 0 fully saturated rings. The maximum atomic E-state index is 13.1. The van der Waals surface area contributed by atoms with Crippen LogP contribution in [0.15, 0.2) is 0 Å². The molecule has 0 heterocycles. The second kappa shape index (κ2) is 73.0. The number of hydrogen-bond acceptors (Lipinski definition) is 15. The van der Waals surface area contributed by atoms with Gasteiger partial charge in [0.1, 0.15) is 19.3 Å². The van der Waals surface area contributed by atoms with Gasteiger partial charge in [0, 0.05) is 25.7 Å². The minimum atomic E-state index is -4.96. The summed E-state index contributed by atoms with van der Waals surface area (Å²) in [6.45, 7) is 7.32. The summed E-state index contributed by atoms with van der Waals surface area (Å²) in [6, 6.07) is 0. The number of phosphoric acid groups is 2. The number of carbonyl (C=O) groups excluding carboxylic acids is 4. The summed E-state index contributed by atoms with van der Waals surface area (Å²) >= 11 is 0. The summed E-state index contributed by atoms with van der Waals surface area (Å²) in [6.07, 6.45) is 63.8. The van der Waals surface area contributed by atoms with Crippen LogP contribution in [0.1, 0.15) is 426 Å². The third kappa shape index (κ3) is 72.8. The Labute approximate surface area is 607 Å². The summed E-state index contributed by atoms with van der Waals surface area (Å²) in [4.78, 5) is 73.0. The minimum Gasteiger partial charge on any atom is -0.462 e. The predicted molar refractivity (Wildman–Crippen MR) is 405 cm³/mol. The quantitative estimate of drug-likeness (QED) is 0.0222. The van der Waals surface area contributed by atoms with Crippen molar-refractivity contribution in [3.63, 3.8) is 0 Å². The van der Waals surface area contributed by atoms with Crippen molar-refractivity contribution in [1.82, 2.24) is 0 Å². The van der Waals surface area contributed by atoms with Crippen molar-refractivity contribution in [2.45, 2.75) is 445 Å². The van der Waals surface area contributed by atoms with Crippen LogP contribution < -0.4 is 0 Å². The molecule has 0 rings (SSSR count). The first-order valence-electron chi connectivity index (χ1n) is 41.7. The van der Waals surface area contributed by atoms with Gasteiger partial charge in [0.2, 0.25) is 0 Å². The largest absolute Gasteiger partial charge is 0.472 e. The molecule has 0 saturated heterocycles. The maximum absolute atomic E-state index is 13.1. The third-order valence-electron chi connectivity index (χ3n) is 19.1. The normalized spacial score (nSPS) is 14.1. The molecule has 0 amide bonds. The van der Waals surface area contributed by atoms with Gasteiger partial charge in [-0.1, -0.05) is 375 Å². The van der Waals surface area contributed by atoms with Gasteiger partial charge in [-0.2, -0.15) is 0 Å². The van der Waals surface area contributed by atoms with Crippen LogP contribution in [0.3, 0.4) is 0 Å². The zero-order valence-corrected chi connectivity index (χ0v) is 66.4. The number of aliphatic hydroxyl groups is 1. The first-order chi connectivity index (χ1) is 48.1. The molecule has 17 nitrogen and oxygen atoms in total. The topological polar surface area (TPSA) is 237 Å². The molecule has 19 heteroatoms. The molecule has 0 aromatic rings. The van der Waals surface area contributed by atoms with E-state index in [0.29, 0.717) is 25.7 Å². The Morgan fingerprint density at radius 2 is 0.485 bits per heavy atom. The van der Waals surface area contributed by atoms with Gasteiger partial charge in [-0.15, -0.1) is 0 Å². The highest BCUT2D eigenvalue weighted by Crippen LogP contribution is 2.45. The van der Waals surface area contributed by atoms with Gasteiger partial charge in [-0.3, -0.25) is 37.3 Å². The van der Waals surface area contributed by atoms with Crippen LogP contribution in [-0.4, -0.2) is 96.7 Å². The van der Waals surface area contributed by atoms with Crippen LogP contribution in [0.2, 0.25) is 0 Å². The van der Waals surface area contributed by atoms with Crippen molar-refractivity contribution < 1.29 is 80.2 Å². The SMILES string of the molecule is CCCCCCCCCCCCCCCCCCCCCCCC(=O)O[C@H](COC(=O)CCCCCCCCCCCCCCCC)COP(=O)(O)OC[C@@H](O)COP(=O)(O)OC[C@@H](COC(=O)CCCCCCCCCCCCCC)OC(=O)CCCCCCCCCCC(C)CC. The molecule has 0 aliphatic carbocycles. The van der Waals surface area contributed by atoms with E-state index in [1.54, 1.807) is 0 Å². The Morgan fingerprint density at radius 1 is 0.283 bits per heavy atom. The first-order valence-corrected chi connectivity index (χ1v) is 44.7. The molecule has 0 aliphatic heterocycles. The van der Waals surface area contributed by atoms with E-state index in [-0.39, 0.29) is 25.7 Å². The Bertz CT molecular complexity index is 1890. The number of esters is 4. The fourth-order valence-corrected chi connectivity index (χ4v) is 14.0. The lowest BCUT2D eigenvalue weighted by atomic mass is 9.99. The molecule has 99 heavy (non-hydrogen) atoms. The highest BCUT2D eigenvalue weighted by atomic mass is 31.2. The zero-order valence-electron chi connectivity index (χ0n) is 64.6. The standard InChI is InChI=1S/C80H156O17P2/c1-6-10-13-16-19-22-25-28-30-31-32-33-34-35-36-38-41-44-50-55-60-65-79(84)96-75(69-90-78(83)64-59-54-49-43-40-37-29-26-23-20-17-14-11-7-2)71-94-98(86,87)92-67-74(81)68-93-99(88,89)95-72-76(97-80(85)66-61-56-51-46-45-47-52-57-62-73(5)9-4)70-91-77(82)63-58-53-48-42-39-27-24-21-18-15-12-8-3/h73-76,81H,6-72H2,1-5H3,(H,86,87)(H,88,89)/t73?,74-,75-,76-/m1/s1. The van der Waals surface area contributed by atoms with Gasteiger partial charge in [-0.25, -0.2) is 9.13 Å². The van der Waals surface area contributed by atoms with Crippen molar-refractivity contribution in [2.75, 3.05) is 39.6 Å². The smallest absolute Gasteiger partial charge is 0.462 e. The fraction of sp³-hybridized carbons (Fsp3) is 0.950. The molecule has 0 radical (unpaired) electrons. The van der Waals surface area contributed by atoms with E-state index in [0.717, 1.165) is 95.8 Å². The number of rotatable bonds is 80. The Balaban J connectivity index is 5.22.